The summed E-state index contributed by atoms with van der Waals surface area (Å²) in [7, 11) is 1.65. The molecule has 0 aliphatic carbocycles. The van der Waals surface area contributed by atoms with E-state index in [9.17, 15) is 14.4 Å². The van der Waals surface area contributed by atoms with Crippen LogP contribution < -0.4 is 15.0 Å². The lowest BCUT2D eigenvalue weighted by molar-refractivity contribution is -0.125. The molecule has 0 spiro atoms. The number of nitrogens with one attached hydrogen (secondary N) is 1. The van der Waals surface area contributed by atoms with Crippen LogP contribution in [0.15, 0.2) is 42.5 Å². The van der Waals surface area contributed by atoms with Crippen molar-refractivity contribution in [1.82, 2.24) is 5.32 Å². The Morgan fingerprint density at radius 2 is 1.93 bits per heavy atom. The van der Waals surface area contributed by atoms with Crippen molar-refractivity contribution >= 4 is 34.9 Å². The second-order valence-corrected chi connectivity index (χ2v) is 7.04. The number of anilines is 1. The number of rotatable bonds is 6. The molecule has 0 saturated carbocycles. The molecule has 6 nitrogen and oxygen atoms in total. The van der Waals surface area contributed by atoms with Gasteiger partial charge in [0.2, 0.25) is 5.91 Å². The SMILES string of the molecule is CC1Oc2ccc(C(=O)CCC(=O)NCc3ccccc3Cl)cc2N(C)C1=O. The van der Waals surface area contributed by atoms with Crippen LogP contribution in [0.1, 0.15) is 35.7 Å². The molecule has 3 rings (SSSR count). The summed E-state index contributed by atoms with van der Waals surface area (Å²) < 4.78 is 5.55. The number of fused-ring (bicyclic) bond motifs is 1. The zero-order valence-corrected chi connectivity index (χ0v) is 16.5. The van der Waals surface area contributed by atoms with Crippen molar-refractivity contribution in [3.8, 4) is 5.75 Å². The normalized spacial score (nSPS) is 15.6. The Kier molecular flexibility index (Phi) is 5.99. The van der Waals surface area contributed by atoms with Crippen LogP contribution in [0.5, 0.6) is 5.75 Å². The molecule has 0 saturated heterocycles. The van der Waals surface area contributed by atoms with Gasteiger partial charge in [0, 0.05) is 37.0 Å². The number of carbonyl (C=O) groups excluding carboxylic acids is 3. The van der Waals surface area contributed by atoms with Gasteiger partial charge in [-0.25, -0.2) is 0 Å². The molecular weight excluding hydrogens is 380 g/mol. The maximum Gasteiger partial charge on any atom is 0.267 e. The Morgan fingerprint density at radius 1 is 1.18 bits per heavy atom. The van der Waals surface area contributed by atoms with Crippen molar-refractivity contribution in [2.75, 3.05) is 11.9 Å². The van der Waals surface area contributed by atoms with E-state index >= 15 is 0 Å². The van der Waals surface area contributed by atoms with Crippen molar-refractivity contribution in [3.63, 3.8) is 0 Å². The minimum absolute atomic E-state index is 0.0715. The fourth-order valence-electron chi connectivity index (χ4n) is 2.98. The van der Waals surface area contributed by atoms with Gasteiger partial charge in [0.05, 0.1) is 5.69 Å². The molecule has 1 unspecified atom stereocenters. The quantitative estimate of drug-likeness (QED) is 0.754. The highest BCUT2D eigenvalue weighted by Gasteiger charge is 2.29. The Balaban J connectivity index is 1.57. The van der Waals surface area contributed by atoms with Crippen molar-refractivity contribution in [3.05, 3.63) is 58.6 Å². The Bertz CT molecular complexity index is 928. The van der Waals surface area contributed by atoms with Crippen molar-refractivity contribution in [1.29, 1.82) is 0 Å². The average molecular weight is 401 g/mol. The van der Waals surface area contributed by atoms with E-state index in [1.165, 1.54) is 4.90 Å². The number of hydrogen-bond donors (Lipinski definition) is 1. The van der Waals surface area contributed by atoms with Crippen LogP contribution in [0.25, 0.3) is 0 Å². The number of likely N-dealkylation sites (N-methyl/N-ethyl adjacent to an activating group) is 1. The van der Waals surface area contributed by atoms with E-state index in [1.54, 1.807) is 38.2 Å². The fourth-order valence-corrected chi connectivity index (χ4v) is 3.18. The first kappa shape index (κ1) is 19.9. The first-order valence-corrected chi connectivity index (χ1v) is 9.36. The van der Waals surface area contributed by atoms with Crippen LogP contribution >= 0.6 is 11.6 Å². The summed E-state index contributed by atoms with van der Waals surface area (Å²) in [6, 6.07) is 12.2. The van der Waals surface area contributed by atoms with Crippen LogP contribution in [0.4, 0.5) is 5.69 Å². The second-order valence-electron chi connectivity index (χ2n) is 6.63. The predicted octanol–water partition coefficient (Wildman–Crippen LogP) is 3.36. The zero-order valence-electron chi connectivity index (χ0n) is 15.7. The van der Waals surface area contributed by atoms with Crippen LogP contribution in [0, 0.1) is 0 Å². The summed E-state index contributed by atoms with van der Waals surface area (Å²) in [6.07, 6.45) is -0.411. The molecule has 0 aromatic heterocycles. The number of ketones is 1. The van der Waals surface area contributed by atoms with Crippen LogP contribution in [0.3, 0.4) is 0 Å². The number of hydrogen-bond acceptors (Lipinski definition) is 4. The molecule has 2 aromatic rings. The zero-order chi connectivity index (χ0) is 20.3. The lowest BCUT2D eigenvalue weighted by atomic mass is 10.0. The summed E-state index contributed by atoms with van der Waals surface area (Å²) in [5.74, 6) is -0.00877. The predicted molar refractivity (Wildman–Crippen MR) is 107 cm³/mol. The molecule has 1 aliphatic heterocycles. The maximum absolute atomic E-state index is 12.5. The van der Waals surface area contributed by atoms with Gasteiger partial charge >= 0.3 is 0 Å². The highest BCUT2D eigenvalue weighted by Crippen LogP contribution is 2.34. The summed E-state index contributed by atoms with van der Waals surface area (Å²) in [6.45, 7) is 2.00. The van der Waals surface area contributed by atoms with Gasteiger partial charge in [-0.15, -0.1) is 0 Å². The molecular formula is C21H21ClN2O4. The minimum Gasteiger partial charge on any atom is -0.479 e. The number of carbonyl (C=O) groups is 3. The number of halogens is 1. The van der Waals surface area contributed by atoms with Gasteiger partial charge in [-0.05, 0) is 36.8 Å². The lowest BCUT2D eigenvalue weighted by Gasteiger charge is -2.30. The molecule has 0 bridgehead atoms. The third-order valence-electron chi connectivity index (χ3n) is 4.64. The molecule has 1 atom stereocenters. The van der Waals surface area contributed by atoms with E-state index in [0.717, 1.165) is 5.56 Å². The van der Waals surface area contributed by atoms with Crippen molar-refractivity contribution in [2.45, 2.75) is 32.4 Å². The van der Waals surface area contributed by atoms with Gasteiger partial charge < -0.3 is 15.0 Å². The van der Waals surface area contributed by atoms with Gasteiger partial charge in [0.25, 0.3) is 5.91 Å². The minimum atomic E-state index is -0.555. The van der Waals surface area contributed by atoms with Crippen LogP contribution in [-0.4, -0.2) is 30.7 Å². The van der Waals surface area contributed by atoms with Gasteiger partial charge in [-0.2, -0.15) is 0 Å². The van der Waals surface area contributed by atoms with E-state index in [-0.39, 0.29) is 30.4 Å². The fraction of sp³-hybridized carbons (Fsp3) is 0.286. The first-order valence-electron chi connectivity index (χ1n) is 8.98. The molecule has 0 radical (unpaired) electrons. The monoisotopic (exact) mass is 400 g/mol. The van der Waals surface area contributed by atoms with Crippen molar-refractivity contribution in [2.24, 2.45) is 0 Å². The number of amides is 2. The summed E-state index contributed by atoms with van der Waals surface area (Å²) in [4.78, 5) is 38.1. The van der Waals surface area contributed by atoms with E-state index in [2.05, 4.69) is 5.32 Å². The number of benzene rings is 2. The largest absolute Gasteiger partial charge is 0.479 e. The molecule has 1 aliphatic rings. The van der Waals surface area contributed by atoms with Crippen LogP contribution in [0.2, 0.25) is 5.02 Å². The average Bonchev–Trinajstić information content (AvgIpc) is 2.69. The Labute approximate surface area is 168 Å². The second kappa shape index (κ2) is 8.44. The molecule has 7 heteroatoms. The Hall–Kier alpha value is -2.86. The number of Topliss-reactive ketones (excluding diaryl/α,β-unsaturated/α-hetero) is 1. The molecule has 2 amide bonds. The summed E-state index contributed by atoms with van der Waals surface area (Å²) >= 11 is 6.06. The van der Waals surface area contributed by atoms with Gasteiger partial charge in [-0.3, -0.25) is 14.4 Å². The third-order valence-corrected chi connectivity index (χ3v) is 5.01. The van der Waals surface area contributed by atoms with E-state index in [1.807, 2.05) is 18.2 Å². The summed E-state index contributed by atoms with van der Waals surface area (Å²) in [5, 5.41) is 3.35. The smallest absolute Gasteiger partial charge is 0.267 e. The van der Waals surface area contributed by atoms with E-state index in [4.69, 9.17) is 16.3 Å². The van der Waals surface area contributed by atoms with Crippen LogP contribution in [-0.2, 0) is 16.1 Å². The first-order chi connectivity index (χ1) is 13.4. The molecule has 2 aromatic carbocycles. The highest BCUT2D eigenvalue weighted by atomic mass is 35.5. The highest BCUT2D eigenvalue weighted by molar-refractivity contribution is 6.31. The molecule has 28 heavy (non-hydrogen) atoms. The van der Waals surface area contributed by atoms with E-state index in [0.29, 0.717) is 28.6 Å². The van der Waals surface area contributed by atoms with Crippen molar-refractivity contribution < 1.29 is 19.1 Å². The molecule has 146 valence electrons. The number of nitrogens with zero attached hydrogens (tertiary/aromatic N) is 1. The Morgan fingerprint density at radius 3 is 2.68 bits per heavy atom. The van der Waals surface area contributed by atoms with Gasteiger partial charge in [-0.1, -0.05) is 29.8 Å². The van der Waals surface area contributed by atoms with Gasteiger partial charge in [0.1, 0.15) is 5.75 Å². The molecule has 1 N–H and O–H groups in total. The summed E-state index contributed by atoms with van der Waals surface area (Å²) in [5.41, 5.74) is 1.81. The van der Waals surface area contributed by atoms with E-state index < -0.39 is 6.10 Å². The maximum atomic E-state index is 12.5. The van der Waals surface area contributed by atoms with Gasteiger partial charge in [0.15, 0.2) is 11.9 Å². The third kappa shape index (κ3) is 4.34. The molecule has 0 fully saturated rings. The molecule has 1 heterocycles. The number of ether oxygens (including phenoxy) is 1. The lowest BCUT2D eigenvalue weighted by Crippen LogP contribution is -2.42. The topological polar surface area (TPSA) is 75.7 Å². The standard InChI is InChI=1S/C21H21ClN2O4/c1-13-21(27)24(2)17-11-14(7-9-19(17)28-13)18(25)8-10-20(26)23-12-15-5-3-4-6-16(15)22/h3-7,9,11,13H,8,10,12H2,1-2H3,(H,23,26).